The summed E-state index contributed by atoms with van der Waals surface area (Å²) in [4.78, 5) is 23.4. The van der Waals surface area contributed by atoms with Crippen LogP contribution in [-0.4, -0.2) is 17.5 Å². The van der Waals surface area contributed by atoms with Gasteiger partial charge in [0.15, 0.2) is 0 Å². The van der Waals surface area contributed by atoms with Crippen LogP contribution in [0.4, 0.5) is 5.69 Å². The maximum Gasteiger partial charge on any atom is 0.240 e. The first kappa shape index (κ1) is 16.7. The molecule has 1 atom stereocenters. The number of hydrazone groups is 1. The number of nitrogens with zero attached hydrogens (tertiary/aromatic N) is 1. The minimum Gasteiger partial charge on any atom is -0.326 e. The molecule has 5 nitrogen and oxygen atoms in total. The molecule has 1 aliphatic heterocycles. The third-order valence-electron chi connectivity index (χ3n) is 4.98. The standard InChI is InChI=1S/C19H25N3O2/c1-13-12-18(24)21-22-19(13)15-7-9-16(10-8-15)20-17(23)11-6-14-4-2-3-5-14/h7-10,13-14H,2-6,11-12H2,1H3,(H,20,23)(H,21,24). The minimum absolute atomic E-state index is 0.0441. The van der Waals surface area contributed by atoms with Gasteiger partial charge in [-0.05, 0) is 30.0 Å². The summed E-state index contributed by atoms with van der Waals surface area (Å²) in [6.45, 7) is 2.00. The van der Waals surface area contributed by atoms with Crippen LogP contribution in [0.5, 0.6) is 0 Å². The van der Waals surface area contributed by atoms with Gasteiger partial charge in [-0.2, -0.15) is 5.10 Å². The van der Waals surface area contributed by atoms with Gasteiger partial charge in [0.25, 0.3) is 0 Å². The Labute approximate surface area is 142 Å². The first-order valence-corrected chi connectivity index (χ1v) is 8.88. The highest BCUT2D eigenvalue weighted by molar-refractivity contribution is 6.06. The third kappa shape index (κ3) is 4.22. The van der Waals surface area contributed by atoms with Gasteiger partial charge in [0.1, 0.15) is 0 Å². The van der Waals surface area contributed by atoms with E-state index < -0.39 is 0 Å². The highest BCUT2D eigenvalue weighted by Gasteiger charge is 2.21. The van der Waals surface area contributed by atoms with Crippen molar-refractivity contribution in [1.82, 2.24) is 5.43 Å². The lowest BCUT2D eigenvalue weighted by molar-refractivity contribution is -0.122. The van der Waals surface area contributed by atoms with Gasteiger partial charge in [-0.25, -0.2) is 5.43 Å². The van der Waals surface area contributed by atoms with E-state index in [2.05, 4.69) is 15.8 Å². The highest BCUT2D eigenvalue weighted by Crippen LogP contribution is 2.28. The number of hydrogen-bond donors (Lipinski definition) is 2. The zero-order chi connectivity index (χ0) is 16.9. The van der Waals surface area contributed by atoms with Crippen LogP contribution in [0, 0.1) is 11.8 Å². The second-order valence-corrected chi connectivity index (χ2v) is 6.95. The molecule has 3 rings (SSSR count). The number of carbonyl (C=O) groups is 2. The van der Waals surface area contributed by atoms with Crippen LogP contribution in [0.1, 0.15) is 57.4 Å². The summed E-state index contributed by atoms with van der Waals surface area (Å²) >= 11 is 0. The smallest absolute Gasteiger partial charge is 0.240 e. The van der Waals surface area contributed by atoms with Crippen molar-refractivity contribution in [2.45, 2.75) is 51.9 Å². The maximum atomic E-state index is 12.1. The van der Waals surface area contributed by atoms with E-state index in [0.29, 0.717) is 12.8 Å². The van der Waals surface area contributed by atoms with Gasteiger partial charge in [-0.15, -0.1) is 0 Å². The van der Waals surface area contributed by atoms with Gasteiger partial charge in [-0.3, -0.25) is 9.59 Å². The molecule has 128 valence electrons. The molecular formula is C19H25N3O2. The van der Waals surface area contributed by atoms with E-state index in [0.717, 1.165) is 29.3 Å². The molecule has 0 spiro atoms. The van der Waals surface area contributed by atoms with Crippen molar-refractivity contribution in [3.05, 3.63) is 29.8 Å². The second-order valence-electron chi connectivity index (χ2n) is 6.95. The molecule has 0 bridgehead atoms. The monoisotopic (exact) mass is 327 g/mol. The molecular weight excluding hydrogens is 302 g/mol. The van der Waals surface area contributed by atoms with E-state index in [4.69, 9.17) is 0 Å². The molecule has 1 aliphatic carbocycles. The summed E-state index contributed by atoms with van der Waals surface area (Å²) < 4.78 is 0. The van der Waals surface area contributed by atoms with E-state index in [1.165, 1.54) is 25.7 Å². The Balaban J connectivity index is 1.54. The van der Waals surface area contributed by atoms with E-state index in [1.807, 2.05) is 31.2 Å². The summed E-state index contributed by atoms with van der Waals surface area (Å²) in [6, 6.07) is 7.68. The molecule has 0 saturated heterocycles. The lowest BCUT2D eigenvalue weighted by Crippen LogP contribution is -2.31. The Morgan fingerprint density at radius 3 is 2.62 bits per heavy atom. The second kappa shape index (κ2) is 7.60. The van der Waals surface area contributed by atoms with E-state index in [1.54, 1.807) is 0 Å². The molecule has 1 fully saturated rings. The van der Waals surface area contributed by atoms with Crippen molar-refractivity contribution in [3.63, 3.8) is 0 Å². The van der Waals surface area contributed by atoms with Gasteiger partial charge in [0, 0.05) is 24.4 Å². The molecule has 0 aromatic heterocycles. The van der Waals surface area contributed by atoms with Crippen LogP contribution < -0.4 is 10.7 Å². The van der Waals surface area contributed by atoms with Crippen molar-refractivity contribution in [1.29, 1.82) is 0 Å². The lowest BCUT2D eigenvalue weighted by Gasteiger charge is -2.19. The molecule has 1 heterocycles. The molecule has 2 N–H and O–H groups in total. The minimum atomic E-state index is -0.0441. The fourth-order valence-electron chi connectivity index (χ4n) is 3.58. The zero-order valence-corrected chi connectivity index (χ0v) is 14.2. The number of anilines is 1. The van der Waals surface area contributed by atoms with Crippen molar-refractivity contribution in [2.24, 2.45) is 16.9 Å². The Hall–Kier alpha value is -2.17. The molecule has 0 radical (unpaired) electrons. The number of hydrogen-bond acceptors (Lipinski definition) is 3. The molecule has 1 aromatic rings. The summed E-state index contributed by atoms with van der Waals surface area (Å²) in [5, 5.41) is 7.12. The number of benzene rings is 1. The average Bonchev–Trinajstić information content (AvgIpc) is 3.07. The Bertz CT molecular complexity index is 631. The molecule has 2 amide bonds. The van der Waals surface area contributed by atoms with E-state index >= 15 is 0 Å². The van der Waals surface area contributed by atoms with Gasteiger partial charge in [0.05, 0.1) is 5.71 Å². The fraction of sp³-hybridized carbons (Fsp3) is 0.526. The topological polar surface area (TPSA) is 70.6 Å². The van der Waals surface area contributed by atoms with Crippen molar-refractivity contribution in [3.8, 4) is 0 Å². The van der Waals surface area contributed by atoms with Gasteiger partial charge < -0.3 is 5.32 Å². The average molecular weight is 327 g/mol. The van der Waals surface area contributed by atoms with Crippen LogP contribution in [0.25, 0.3) is 0 Å². The SMILES string of the molecule is CC1CC(=O)NN=C1c1ccc(NC(=O)CCC2CCCC2)cc1. The highest BCUT2D eigenvalue weighted by atomic mass is 16.2. The molecule has 2 aliphatic rings. The fourth-order valence-corrected chi connectivity index (χ4v) is 3.58. The van der Waals surface area contributed by atoms with Crippen molar-refractivity contribution < 1.29 is 9.59 Å². The Morgan fingerprint density at radius 2 is 1.96 bits per heavy atom. The summed E-state index contributed by atoms with van der Waals surface area (Å²) in [5.74, 6) is 0.882. The third-order valence-corrected chi connectivity index (χ3v) is 4.98. The number of carbonyl (C=O) groups excluding carboxylic acids is 2. The maximum absolute atomic E-state index is 12.1. The Morgan fingerprint density at radius 1 is 1.25 bits per heavy atom. The summed E-state index contributed by atoms with van der Waals surface area (Å²) in [7, 11) is 0. The summed E-state index contributed by atoms with van der Waals surface area (Å²) in [5.41, 5.74) is 5.20. The van der Waals surface area contributed by atoms with Crippen LogP contribution in [0.3, 0.4) is 0 Å². The number of nitrogens with one attached hydrogen (secondary N) is 2. The molecule has 1 saturated carbocycles. The lowest BCUT2D eigenvalue weighted by atomic mass is 9.94. The zero-order valence-electron chi connectivity index (χ0n) is 14.2. The first-order chi connectivity index (χ1) is 11.6. The van der Waals surface area contributed by atoms with E-state index in [9.17, 15) is 9.59 Å². The summed E-state index contributed by atoms with van der Waals surface area (Å²) in [6.07, 6.45) is 7.24. The molecule has 5 heteroatoms. The Kier molecular flexibility index (Phi) is 5.28. The van der Waals surface area contributed by atoms with Crippen molar-refractivity contribution in [2.75, 3.05) is 5.32 Å². The van der Waals surface area contributed by atoms with Gasteiger partial charge in [-0.1, -0.05) is 44.7 Å². The first-order valence-electron chi connectivity index (χ1n) is 8.88. The predicted octanol–water partition coefficient (Wildman–Crippen LogP) is 3.46. The normalized spacial score (nSPS) is 21.3. The molecule has 1 unspecified atom stereocenters. The number of rotatable bonds is 5. The van der Waals surface area contributed by atoms with Crippen LogP contribution in [0.2, 0.25) is 0 Å². The van der Waals surface area contributed by atoms with Gasteiger partial charge >= 0.3 is 0 Å². The van der Waals surface area contributed by atoms with Crippen LogP contribution in [-0.2, 0) is 9.59 Å². The van der Waals surface area contributed by atoms with Crippen molar-refractivity contribution >= 4 is 23.2 Å². The quantitative estimate of drug-likeness (QED) is 0.869. The number of amides is 2. The molecule has 24 heavy (non-hydrogen) atoms. The van der Waals surface area contributed by atoms with Crippen LogP contribution >= 0.6 is 0 Å². The molecule has 1 aromatic carbocycles. The largest absolute Gasteiger partial charge is 0.326 e. The van der Waals surface area contributed by atoms with Gasteiger partial charge in [0.2, 0.25) is 11.8 Å². The van der Waals surface area contributed by atoms with Crippen LogP contribution in [0.15, 0.2) is 29.4 Å². The predicted molar refractivity (Wildman–Crippen MR) is 94.7 cm³/mol. The van der Waals surface area contributed by atoms with E-state index in [-0.39, 0.29) is 17.7 Å².